The van der Waals surface area contributed by atoms with Gasteiger partial charge in [-0.3, -0.25) is 9.79 Å². The summed E-state index contributed by atoms with van der Waals surface area (Å²) in [6.07, 6.45) is 2.47. The third-order valence-corrected chi connectivity index (χ3v) is 5.84. The average molecular weight is 549 g/mol. The first-order valence-electron chi connectivity index (χ1n) is 11.4. The van der Waals surface area contributed by atoms with Gasteiger partial charge in [-0.1, -0.05) is 54.1 Å². The molecule has 0 saturated carbocycles. The predicted octanol–water partition coefficient (Wildman–Crippen LogP) is 4.11. The molecule has 2 N–H and O–H groups in total. The Morgan fingerprint density at radius 1 is 1.09 bits per heavy atom. The highest BCUT2D eigenvalue weighted by Crippen LogP contribution is 2.18. The molecule has 32 heavy (non-hydrogen) atoms. The quantitative estimate of drug-likeness (QED) is 0.282. The zero-order valence-corrected chi connectivity index (χ0v) is 21.9. The fraction of sp³-hybridized carbons (Fsp3) is 0.462. The molecule has 1 atom stereocenters. The van der Waals surface area contributed by atoms with Crippen molar-refractivity contribution in [1.29, 1.82) is 0 Å². The van der Waals surface area contributed by atoms with Crippen molar-refractivity contribution in [3.63, 3.8) is 0 Å². The van der Waals surface area contributed by atoms with E-state index in [1.807, 2.05) is 23.1 Å². The lowest BCUT2D eigenvalue weighted by Crippen LogP contribution is -2.38. The van der Waals surface area contributed by atoms with Crippen LogP contribution < -0.4 is 10.6 Å². The molecule has 174 valence electrons. The number of nitrogens with zero attached hydrogens (tertiary/aromatic N) is 2. The number of halogens is 1. The zero-order valence-electron chi connectivity index (χ0n) is 19.6. The number of hydrogen-bond donors (Lipinski definition) is 2. The fourth-order valence-electron chi connectivity index (χ4n) is 4.11. The minimum atomic E-state index is 0. The van der Waals surface area contributed by atoms with Crippen LogP contribution in [0.3, 0.4) is 0 Å². The summed E-state index contributed by atoms with van der Waals surface area (Å²) in [6.45, 7) is 10.3. The number of aliphatic imine (C=N–C) groups is 1. The van der Waals surface area contributed by atoms with Crippen LogP contribution in [-0.2, 0) is 17.6 Å². The van der Waals surface area contributed by atoms with E-state index >= 15 is 0 Å². The predicted molar refractivity (Wildman–Crippen MR) is 144 cm³/mol. The molecule has 2 aromatic rings. The van der Waals surface area contributed by atoms with E-state index in [0.29, 0.717) is 13.0 Å². The lowest BCUT2D eigenvalue weighted by Gasteiger charge is -2.16. The number of amides is 1. The molecule has 1 saturated heterocycles. The molecule has 2 aromatic carbocycles. The number of carbonyl (C=O) groups is 1. The maximum atomic E-state index is 12.4. The molecule has 0 aliphatic carbocycles. The van der Waals surface area contributed by atoms with Gasteiger partial charge in [0.15, 0.2) is 5.96 Å². The molecular formula is C26H37IN4O. The smallest absolute Gasteiger partial charge is 0.223 e. The lowest BCUT2D eigenvalue weighted by atomic mass is 10.0. The summed E-state index contributed by atoms with van der Waals surface area (Å²) >= 11 is 0. The summed E-state index contributed by atoms with van der Waals surface area (Å²) in [6, 6.07) is 17.0. The SMILES string of the molecule is CCNC(=NCC1CC(=O)N(CCc2ccccc2)C1)NCCc1ccc(C)cc1C.I. The van der Waals surface area contributed by atoms with Gasteiger partial charge in [0.2, 0.25) is 5.91 Å². The third kappa shape index (κ3) is 8.11. The minimum Gasteiger partial charge on any atom is -0.357 e. The summed E-state index contributed by atoms with van der Waals surface area (Å²) in [5, 5.41) is 6.77. The van der Waals surface area contributed by atoms with Crippen molar-refractivity contribution in [3.8, 4) is 0 Å². The third-order valence-electron chi connectivity index (χ3n) is 5.84. The van der Waals surface area contributed by atoms with Crippen molar-refractivity contribution in [1.82, 2.24) is 15.5 Å². The number of nitrogens with one attached hydrogen (secondary N) is 2. The number of guanidine groups is 1. The van der Waals surface area contributed by atoms with Gasteiger partial charge in [-0.05, 0) is 50.3 Å². The van der Waals surface area contributed by atoms with Gasteiger partial charge in [-0.25, -0.2) is 0 Å². The number of rotatable bonds is 9. The van der Waals surface area contributed by atoms with Crippen LogP contribution in [0.2, 0.25) is 0 Å². The van der Waals surface area contributed by atoms with Crippen LogP contribution in [0.5, 0.6) is 0 Å². The van der Waals surface area contributed by atoms with Crippen LogP contribution in [0.25, 0.3) is 0 Å². The van der Waals surface area contributed by atoms with E-state index in [-0.39, 0.29) is 35.8 Å². The first-order valence-corrected chi connectivity index (χ1v) is 11.4. The van der Waals surface area contributed by atoms with Crippen LogP contribution >= 0.6 is 24.0 Å². The highest BCUT2D eigenvalue weighted by atomic mass is 127. The Morgan fingerprint density at radius 3 is 2.59 bits per heavy atom. The molecule has 1 aliphatic heterocycles. The molecule has 1 amide bonds. The summed E-state index contributed by atoms with van der Waals surface area (Å²) in [5.74, 6) is 1.38. The second kappa shape index (κ2) is 13.5. The van der Waals surface area contributed by atoms with Gasteiger partial charge in [0.25, 0.3) is 0 Å². The first-order chi connectivity index (χ1) is 15.0. The van der Waals surface area contributed by atoms with E-state index < -0.39 is 0 Å². The number of benzene rings is 2. The Bertz CT molecular complexity index is 885. The summed E-state index contributed by atoms with van der Waals surface area (Å²) in [4.78, 5) is 19.2. The second-order valence-electron chi connectivity index (χ2n) is 8.47. The minimum absolute atomic E-state index is 0. The van der Waals surface area contributed by atoms with Crippen molar-refractivity contribution in [2.45, 2.75) is 40.0 Å². The molecule has 1 fully saturated rings. The van der Waals surface area contributed by atoms with Crippen molar-refractivity contribution >= 4 is 35.8 Å². The van der Waals surface area contributed by atoms with Gasteiger partial charge in [-0.2, -0.15) is 0 Å². The number of aryl methyl sites for hydroxylation is 2. The van der Waals surface area contributed by atoms with E-state index in [4.69, 9.17) is 4.99 Å². The van der Waals surface area contributed by atoms with Crippen molar-refractivity contribution in [2.24, 2.45) is 10.9 Å². The normalized spacial score (nSPS) is 16.1. The van der Waals surface area contributed by atoms with E-state index in [2.05, 4.69) is 61.7 Å². The topological polar surface area (TPSA) is 56.7 Å². The Labute approximate surface area is 210 Å². The number of hydrogen-bond acceptors (Lipinski definition) is 2. The van der Waals surface area contributed by atoms with Crippen LogP contribution in [0, 0.1) is 19.8 Å². The largest absolute Gasteiger partial charge is 0.357 e. The Kier molecular flexibility index (Phi) is 11.0. The Balaban J connectivity index is 0.00000363. The summed E-state index contributed by atoms with van der Waals surface area (Å²) in [5.41, 5.74) is 5.28. The summed E-state index contributed by atoms with van der Waals surface area (Å²) < 4.78 is 0. The fourth-order valence-corrected chi connectivity index (χ4v) is 4.11. The molecule has 0 radical (unpaired) electrons. The molecule has 6 heteroatoms. The average Bonchev–Trinajstić information content (AvgIpc) is 3.12. The molecule has 1 unspecified atom stereocenters. The van der Waals surface area contributed by atoms with E-state index in [9.17, 15) is 4.79 Å². The molecule has 0 spiro atoms. The molecule has 3 rings (SSSR count). The standard InChI is InChI=1S/C26H36N4O.HI/c1-4-27-26(28-14-12-24-11-10-20(2)16-21(24)3)29-18-23-17-25(31)30(19-23)15-13-22-8-6-5-7-9-22;/h5-11,16,23H,4,12-15,17-19H2,1-3H3,(H2,27,28,29);1H. The molecule has 1 heterocycles. The van der Waals surface area contributed by atoms with Crippen LogP contribution in [-0.4, -0.2) is 49.5 Å². The zero-order chi connectivity index (χ0) is 22.1. The highest BCUT2D eigenvalue weighted by molar-refractivity contribution is 14.0. The van der Waals surface area contributed by atoms with Crippen LogP contribution in [0.15, 0.2) is 53.5 Å². The maximum absolute atomic E-state index is 12.4. The van der Waals surface area contributed by atoms with E-state index in [1.54, 1.807) is 0 Å². The Hall–Kier alpha value is -2.09. The maximum Gasteiger partial charge on any atom is 0.223 e. The Morgan fingerprint density at radius 2 is 1.88 bits per heavy atom. The van der Waals surface area contributed by atoms with Gasteiger partial charge in [0.05, 0.1) is 0 Å². The number of likely N-dealkylation sites (tertiary alicyclic amines) is 1. The van der Waals surface area contributed by atoms with E-state index in [0.717, 1.165) is 45.0 Å². The van der Waals surface area contributed by atoms with Crippen LogP contribution in [0.4, 0.5) is 0 Å². The van der Waals surface area contributed by atoms with Crippen LogP contribution in [0.1, 0.15) is 35.6 Å². The van der Waals surface area contributed by atoms with Gasteiger partial charge in [0.1, 0.15) is 0 Å². The van der Waals surface area contributed by atoms with Gasteiger partial charge >= 0.3 is 0 Å². The second-order valence-corrected chi connectivity index (χ2v) is 8.47. The highest BCUT2D eigenvalue weighted by Gasteiger charge is 2.28. The van der Waals surface area contributed by atoms with E-state index in [1.165, 1.54) is 22.3 Å². The first kappa shape index (κ1) is 26.2. The number of carbonyl (C=O) groups excluding carboxylic acids is 1. The monoisotopic (exact) mass is 548 g/mol. The molecule has 0 aromatic heterocycles. The van der Waals surface area contributed by atoms with Gasteiger partial charge in [0, 0.05) is 45.1 Å². The van der Waals surface area contributed by atoms with Crippen molar-refractivity contribution in [2.75, 3.05) is 32.7 Å². The molecule has 0 bridgehead atoms. The molecular weight excluding hydrogens is 511 g/mol. The molecule has 5 nitrogen and oxygen atoms in total. The van der Waals surface area contributed by atoms with Gasteiger partial charge < -0.3 is 15.5 Å². The summed E-state index contributed by atoms with van der Waals surface area (Å²) in [7, 11) is 0. The molecule has 1 aliphatic rings. The van der Waals surface area contributed by atoms with Gasteiger partial charge in [-0.15, -0.1) is 24.0 Å². The van der Waals surface area contributed by atoms with Crippen molar-refractivity contribution in [3.05, 3.63) is 70.8 Å². The van der Waals surface area contributed by atoms with Crippen molar-refractivity contribution < 1.29 is 4.79 Å². The lowest BCUT2D eigenvalue weighted by molar-refractivity contribution is -0.127.